The molecule has 0 aromatic heterocycles. The molecule has 0 aliphatic heterocycles. The first-order chi connectivity index (χ1) is 33.5. The van der Waals surface area contributed by atoms with E-state index >= 15 is 0 Å². The van der Waals surface area contributed by atoms with Crippen molar-refractivity contribution in [2.45, 2.75) is 347 Å². The number of hydrogen-bond acceptors (Lipinski definition) is 5. The largest absolute Gasteiger partial charge is 0.466 e. The first kappa shape index (κ1) is 66.3. The van der Waals surface area contributed by atoms with Crippen molar-refractivity contribution in [3.8, 4) is 0 Å². The van der Waals surface area contributed by atoms with Gasteiger partial charge in [-0.15, -0.1) is 0 Å². The smallest absolute Gasteiger partial charge is 0.305 e. The summed E-state index contributed by atoms with van der Waals surface area (Å²) in [6.45, 7) is 4.89. The predicted molar refractivity (Wildman–Crippen MR) is 296 cm³/mol. The summed E-state index contributed by atoms with van der Waals surface area (Å²) in [4.78, 5) is 24.6. The molecule has 3 N–H and O–H groups in total. The molecule has 0 aliphatic carbocycles. The van der Waals surface area contributed by atoms with Crippen molar-refractivity contribution < 1.29 is 24.5 Å². The van der Waals surface area contributed by atoms with Gasteiger partial charge in [0.25, 0.3) is 0 Å². The van der Waals surface area contributed by atoms with E-state index in [1.54, 1.807) is 6.08 Å². The summed E-state index contributed by atoms with van der Waals surface area (Å²) in [5, 5.41) is 23.2. The van der Waals surface area contributed by atoms with Crippen LogP contribution in [-0.4, -0.2) is 47.4 Å². The Morgan fingerprint density at radius 3 is 1.06 bits per heavy atom. The van der Waals surface area contributed by atoms with E-state index in [0.29, 0.717) is 19.4 Å². The number of carbonyl (C=O) groups excluding carboxylic acids is 2. The maximum Gasteiger partial charge on any atom is 0.305 e. The van der Waals surface area contributed by atoms with Crippen LogP contribution in [0, 0.1) is 0 Å². The number of carbonyl (C=O) groups is 2. The zero-order chi connectivity index (χ0) is 49.3. The predicted octanol–water partition coefficient (Wildman–Crippen LogP) is 19.0. The third kappa shape index (κ3) is 53.7. The van der Waals surface area contributed by atoms with Gasteiger partial charge in [0.2, 0.25) is 5.91 Å². The molecule has 0 spiro atoms. The van der Waals surface area contributed by atoms with Gasteiger partial charge in [-0.1, -0.05) is 289 Å². The molecule has 1 amide bonds. The molecule has 2 unspecified atom stereocenters. The standard InChI is InChI=1S/C62H119NO5/c1-3-5-7-9-11-13-15-17-19-21-22-23-24-25-26-27-30-34-38-42-46-50-54-60(65)59(58-64)63-61(66)55-51-47-43-39-35-31-29-33-37-41-45-49-53-57-68-62(67)56-52-48-44-40-36-32-28-20-18-16-14-12-10-8-6-4-2/h31,35,50,54,59-60,64-65H,3-30,32-34,36-49,51-53,55-58H2,1-2H3,(H,63,66)/b35-31-,54-50+. The van der Waals surface area contributed by atoms with Gasteiger partial charge in [-0.2, -0.15) is 0 Å². The fraction of sp³-hybridized carbons (Fsp3) is 0.903. The van der Waals surface area contributed by atoms with Crippen LogP contribution >= 0.6 is 0 Å². The number of allylic oxidation sites excluding steroid dienone is 3. The summed E-state index contributed by atoms with van der Waals surface area (Å²) >= 11 is 0. The van der Waals surface area contributed by atoms with Crippen molar-refractivity contribution >= 4 is 11.9 Å². The van der Waals surface area contributed by atoms with E-state index in [2.05, 4.69) is 31.3 Å². The second kappa shape index (κ2) is 57.9. The highest BCUT2D eigenvalue weighted by molar-refractivity contribution is 5.76. The van der Waals surface area contributed by atoms with Crippen LogP contribution < -0.4 is 5.32 Å². The lowest BCUT2D eigenvalue weighted by Gasteiger charge is -2.19. The summed E-state index contributed by atoms with van der Waals surface area (Å²) in [5.74, 6) is -0.104. The number of amides is 1. The van der Waals surface area contributed by atoms with E-state index in [4.69, 9.17) is 4.74 Å². The fourth-order valence-electron chi connectivity index (χ4n) is 9.51. The second-order valence-electron chi connectivity index (χ2n) is 21.0. The number of ether oxygens (including phenoxy) is 1. The molecule has 0 bridgehead atoms. The third-order valence-corrected chi connectivity index (χ3v) is 14.2. The first-order valence-corrected chi connectivity index (χ1v) is 30.6. The summed E-state index contributed by atoms with van der Waals surface area (Å²) < 4.78 is 5.47. The van der Waals surface area contributed by atoms with Crippen molar-refractivity contribution in [3.05, 3.63) is 24.3 Å². The first-order valence-electron chi connectivity index (χ1n) is 30.6. The highest BCUT2D eigenvalue weighted by atomic mass is 16.5. The molecule has 2 atom stereocenters. The van der Waals surface area contributed by atoms with Gasteiger partial charge in [-0.3, -0.25) is 9.59 Å². The van der Waals surface area contributed by atoms with E-state index in [9.17, 15) is 19.8 Å². The van der Waals surface area contributed by atoms with E-state index in [1.165, 1.54) is 238 Å². The molecule has 0 aromatic carbocycles. The fourth-order valence-corrected chi connectivity index (χ4v) is 9.51. The quantitative estimate of drug-likeness (QED) is 0.0321. The van der Waals surface area contributed by atoms with Crippen LogP contribution in [-0.2, 0) is 14.3 Å². The molecule has 6 nitrogen and oxygen atoms in total. The zero-order valence-corrected chi connectivity index (χ0v) is 45.9. The van der Waals surface area contributed by atoms with Crippen LogP contribution in [0.1, 0.15) is 335 Å². The lowest BCUT2D eigenvalue weighted by atomic mass is 10.0. The van der Waals surface area contributed by atoms with Crippen molar-refractivity contribution in [3.63, 3.8) is 0 Å². The van der Waals surface area contributed by atoms with Crippen LogP contribution in [0.3, 0.4) is 0 Å². The highest BCUT2D eigenvalue weighted by Crippen LogP contribution is 2.17. The van der Waals surface area contributed by atoms with Gasteiger partial charge in [0.15, 0.2) is 0 Å². The van der Waals surface area contributed by atoms with E-state index < -0.39 is 12.1 Å². The van der Waals surface area contributed by atoms with Gasteiger partial charge in [0.05, 0.1) is 25.4 Å². The zero-order valence-electron chi connectivity index (χ0n) is 45.9. The lowest BCUT2D eigenvalue weighted by molar-refractivity contribution is -0.143. The molecule has 402 valence electrons. The van der Waals surface area contributed by atoms with Gasteiger partial charge < -0.3 is 20.3 Å². The Balaban J connectivity index is 3.50. The topological polar surface area (TPSA) is 95.9 Å². The number of nitrogens with one attached hydrogen (secondary N) is 1. The van der Waals surface area contributed by atoms with E-state index in [0.717, 1.165) is 70.6 Å². The van der Waals surface area contributed by atoms with Crippen molar-refractivity contribution in [2.75, 3.05) is 13.2 Å². The normalized spacial score (nSPS) is 12.7. The Labute approximate surface area is 424 Å². The highest BCUT2D eigenvalue weighted by Gasteiger charge is 2.18. The van der Waals surface area contributed by atoms with Gasteiger partial charge in [0.1, 0.15) is 0 Å². The number of unbranched alkanes of at least 4 members (excludes halogenated alkanes) is 44. The number of aliphatic hydroxyl groups is 2. The summed E-state index contributed by atoms with van der Waals surface area (Å²) in [6, 6.07) is -0.649. The third-order valence-electron chi connectivity index (χ3n) is 14.2. The number of esters is 1. The molecule has 0 aliphatic rings. The number of rotatable bonds is 57. The Morgan fingerprint density at radius 2 is 0.691 bits per heavy atom. The molecule has 0 aromatic rings. The van der Waals surface area contributed by atoms with Crippen LogP contribution in [0.2, 0.25) is 0 Å². The Bertz CT molecular complexity index is 1060. The van der Waals surface area contributed by atoms with Crippen LogP contribution in [0.25, 0.3) is 0 Å². The lowest BCUT2D eigenvalue weighted by Crippen LogP contribution is -2.45. The minimum Gasteiger partial charge on any atom is -0.466 e. The van der Waals surface area contributed by atoms with Crippen molar-refractivity contribution in [1.29, 1.82) is 0 Å². The van der Waals surface area contributed by atoms with Crippen molar-refractivity contribution in [2.24, 2.45) is 0 Å². The van der Waals surface area contributed by atoms with Crippen molar-refractivity contribution in [1.82, 2.24) is 5.32 Å². The Kier molecular flexibility index (Phi) is 56.5. The van der Waals surface area contributed by atoms with Gasteiger partial charge in [-0.05, 0) is 57.8 Å². The van der Waals surface area contributed by atoms with E-state index in [-0.39, 0.29) is 18.5 Å². The van der Waals surface area contributed by atoms with Crippen LogP contribution in [0.4, 0.5) is 0 Å². The molecule has 68 heavy (non-hydrogen) atoms. The minimum atomic E-state index is -0.862. The molecule has 0 saturated heterocycles. The van der Waals surface area contributed by atoms with Crippen LogP contribution in [0.15, 0.2) is 24.3 Å². The minimum absolute atomic E-state index is 0.00990. The summed E-state index contributed by atoms with van der Waals surface area (Å²) in [5.41, 5.74) is 0. The molecule has 0 heterocycles. The molecular weight excluding hydrogens is 839 g/mol. The van der Waals surface area contributed by atoms with Gasteiger partial charge in [-0.25, -0.2) is 0 Å². The van der Waals surface area contributed by atoms with E-state index in [1.807, 2.05) is 6.08 Å². The maximum atomic E-state index is 12.5. The SMILES string of the molecule is CCCCCCCCCCCCCCCCCCCCCC/C=C/C(O)C(CO)NC(=O)CCCCC/C=C\CCCCCCCCOC(=O)CCCCCCCCCCCCCCCCCC. The summed E-state index contributed by atoms with van der Waals surface area (Å²) in [7, 11) is 0. The maximum absolute atomic E-state index is 12.5. The van der Waals surface area contributed by atoms with Gasteiger partial charge in [0, 0.05) is 12.8 Å². The number of aliphatic hydroxyl groups excluding tert-OH is 2. The molecular formula is C62H119NO5. The average Bonchev–Trinajstić information content (AvgIpc) is 3.34. The molecule has 6 heteroatoms. The molecule has 0 saturated carbocycles. The van der Waals surface area contributed by atoms with Gasteiger partial charge >= 0.3 is 5.97 Å². The molecule has 0 fully saturated rings. The summed E-state index contributed by atoms with van der Waals surface area (Å²) in [6.07, 6.45) is 70.7. The monoisotopic (exact) mass is 958 g/mol. The average molecular weight is 959 g/mol. The Morgan fingerprint density at radius 1 is 0.397 bits per heavy atom. The molecule has 0 rings (SSSR count). The second-order valence-corrected chi connectivity index (χ2v) is 21.0. The number of hydrogen-bond donors (Lipinski definition) is 3. The van der Waals surface area contributed by atoms with Crippen LogP contribution in [0.5, 0.6) is 0 Å². The molecule has 0 radical (unpaired) electrons. The Hall–Kier alpha value is -1.66.